The Labute approximate surface area is 90.9 Å². The van der Waals surface area contributed by atoms with Gasteiger partial charge in [0.2, 0.25) is 0 Å². The van der Waals surface area contributed by atoms with E-state index in [2.05, 4.69) is 6.92 Å². The van der Waals surface area contributed by atoms with Gasteiger partial charge in [-0.15, -0.1) is 0 Å². The van der Waals surface area contributed by atoms with Gasteiger partial charge in [0.25, 0.3) is 0 Å². The van der Waals surface area contributed by atoms with Crippen molar-refractivity contribution in [2.45, 2.75) is 25.8 Å². The first-order valence-corrected chi connectivity index (χ1v) is 5.37. The second-order valence-corrected chi connectivity index (χ2v) is 3.51. The van der Waals surface area contributed by atoms with E-state index in [0.717, 1.165) is 17.7 Å². The van der Waals surface area contributed by atoms with Gasteiger partial charge in [0.1, 0.15) is 5.75 Å². The summed E-state index contributed by atoms with van der Waals surface area (Å²) in [5.74, 6) is 0.824. The van der Waals surface area contributed by atoms with Gasteiger partial charge in [-0.1, -0.05) is 19.1 Å². The third-order valence-corrected chi connectivity index (χ3v) is 2.30. The minimum absolute atomic E-state index is 0.0754. The predicted octanol–water partition coefficient (Wildman–Crippen LogP) is 1.86. The largest absolute Gasteiger partial charge is 0.493 e. The SMILES string of the molecule is CCC(N)c1cccc(OCCCO)c1. The molecule has 1 rings (SSSR count). The van der Waals surface area contributed by atoms with E-state index in [0.29, 0.717) is 13.0 Å². The average Bonchev–Trinajstić information content (AvgIpc) is 2.29. The van der Waals surface area contributed by atoms with Gasteiger partial charge in [-0.3, -0.25) is 0 Å². The first-order chi connectivity index (χ1) is 7.27. The fourth-order valence-electron chi connectivity index (χ4n) is 1.33. The summed E-state index contributed by atoms with van der Waals surface area (Å²) in [6.07, 6.45) is 1.57. The summed E-state index contributed by atoms with van der Waals surface area (Å²) < 4.78 is 5.47. The third-order valence-electron chi connectivity index (χ3n) is 2.30. The molecule has 15 heavy (non-hydrogen) atoms. The zero-order valence-electron chi connectivity index (χ0n) is 9.15. The molecule has 0 aromatic heterocycles. The third kappa shape index (κ3) is 3.90. The van der Waals surface area contributed by atoms with Gasteiger partial charge in [-0.2, -0.15) is 0 Å². The molecule has 1 aromatic carbocycles. The van der Waals surface area contributed by atoms with Crippen LogP contribution in [-0.4, -0.2) is 18.3 Å². The van der Waals surface area contributed by atoms with Crippen LogP contribution < -0.4 is 10.5 Å². The summed E-state index contributed by atoms with van der Waals surface area (Å²) in [5, 5.41) is 8.63. The molecule has 0 fully saturated rings. The van der Waals surface area contributed by atoms with Crippen LogP contribution in [0.4, 0.5) is 0 Å². The molecule has 0 aliphatic heterocycles. The Bertz CT molecular complexity index is 289. The number of hydrogen-bond donors (Lipinski definition) is 2. The quantitative estimate of drug-likeness (QED) is 0.703. The Kier molecular flexibility index (Phi) is 5.15. The second kappa shape index (κ2) is 6.43. The smallest absolute Gasteiger partial charge is 0.119 e. The molecular weight excluding hydrogens is 190 g/mol. The van der Waals surface area contributed by atoms with Crippen molar-refractivity contribution < 1.29 is 9.84 Å². The van der Waals surface area contributed by atoms with E-state index in [1.54, 1.807) is 0 Å². The summed E-state index contributed by atoms with van der Waals surface area (Å²) in [4.78, 5) is 0. The zero-order valence-corrected chi connectivity index (χ0v) is 9.15. The van der Waals surface area contributed by atoms with Gasteiger partial charge < -0.3 is 15.6 Å². The highest BCUT2D eigenvalue weighted by Gasteiger charge is 2.03. The number of benzene rings is 1. The van der Waals surface area contributed by atoms with Crippen molar-refractivity contribution in [3.05, 3.63) is 29.8 Å². The highest BCUT2D eigenvalue weighted by Crippen LogP contribution is 2.19. The van der Waals surface area contributed by atoms with Crippen LogP contribution in [0.2, 0.25) is 0 Å². The molecule has 0 aliphatic rings. The Balaban J connectivity index is 2.57. The van der Waals surface area contributed by atoms with E-state index in [1.807, 2.05) is 24.3 Å². The number of rotatable bonds is 6. The van der Waals surface area contributed by atoms with Crippen LogP contribution in [0.3, 0.4) is 0 Å². The highest BCUT2D eigenvalue weighted by atomic mass is 16.5. The molecule has 0 amide bonds. The van der Waals surface area contributed by atoms with Crippen LogP contribution in [0, 0.1) is 0 Å². The molecule has 84 valence electrons. The average molecular weight is 209 g/mol. The van der Waals surface area contributed by atoms with Crippen molar-refractivity contribution in [3.8, 4) is 5.75 Å². The Morgan fingerprint density at radius 2 is 2.27 bits per heavy atom. The van der Waals surface area contributed by atoms with Gasteiger partial charge in [0.15, 0.2) is 0 Å². The second-order valence-electron chi connectivity index (χ2n) is 3.51. The molecule has 0 saturated heterocycles. The van der Waals surface area contributed by atoms with Gasteiger partial charge in [-0.05, 0) is 24.1 Å². The van der Waals surface area contributed by atoms with Crippen LogP contribution in [-0.2, 0) is 0 Å². The van der Waals surface area contributed by atoms with Crippen LogP contribution >= 0.6 is 0 Å². The predicted molar refractivity (Wildman–Crippen MR) is 60.9 cm³/mol. The lowest BCUT2D eigenvalue weighted by molar-refractivity contribution is 0.233. The van der Waals surface area contributed by atoms with E-state index in [1.165, 1.54) is 0 Å². The number of ether oxygens (including phenoxy) is 1. The van der Waals surface area contributed by atoms with Gasteiger partial charge in [0.05, 0.1) is 6.61 Å². The van der Waals surface area contributed by atoms with Gasteiger partial charge in [-0.25, -0.2) is 0 Å². The standard InChI is InChI=1S/C12H19NO2/c1-2-12(13)10-5-3-6-11(9-10)15-8-4-7-14/h3,5-6,9,12,14H,2,4,7-8,13H2,1H3. The molecule has 1 unspecified atom stereocenters. The van der Waals surface area contributed by atoms with Crippen molar-refractivity contribution in [1.82, 2.24) is 0 Å². The number of nitrogens with two attached hydrogens (primary N) is 1. The minimum atomic E-state index is 0.0754. The molecule has 3 N–H and O–H groups in total. The molecule has 0 aliphatic carbocycles. The van der Waals surface area contributed by atoms with Gasteiger partial charge >= 0.3 is 0 Å². The van der Waals surface area contributed by atoms with E-state index < -0.39 is 0 Å². The number of aliphatic hydroxyl groups excluding tert-OH is 1. The highest BCUT2D eigenvalue weighted by molar-refractivity contribution is 5.30. The Morgan fingerprint density at radius 3 is 2.93 bits per heavy atom. The van der Waals surface area contributed by atoms with E-state index >= 15 is 0 Å². The lowest BCUT2D eigenvalue weighted by atomic mass is 10.1. The van der Waals surface area contributed by atoms with E-state index in [4.69, 9.17) is 15.6 Å². The molecule has 1 aromatic rings. The molecular formula is C12H19NO2. The minimum Gasteiger partial charge on any atom is -0.493 e. The van der Waals surface area contributed by atoms with Crippen molar-refractivity contribution in [3.63, 3.8) is 0 Å². The van der Waals surface area contributed by atoms with Crippen molar-refractivity contribution >= 4 is 0 Å². The first kappa shape index (κ1) is 12.0. The Hall–Kier alpha value is -1.06. The molecule has 1 atom stereocenters. The van der Waals surface area contributed by atoms with Crippen molar-refractivity contribution in [1.29, 1.82) is 0 Å². The van der Waals surface area contributed by atoms with Crippen molar-refractivity contribution in [2.24, 2.45) is 5.73 Å². The molecule has 3 heteroatoms. The van der Waals surface area contributed by atoms with Crippen LogP contribution in [0.15, 0.2) is 24.3 Å². The number of hydrogen-bond acceptors (Lipinski definition) is 3. The maximum absolute atomic E-state index is 8.63. The summed E-state index contributed by atoms with van der Waals surface area (Å²) in [7, 11) is 0. The molecule has 0 radical (unpaired) electrons. The topological polar surface area (TPSA) is 55.5 Å². The fourth-order valence-corrected chi connectivity index (χ4v) is 1.33. The monoisotopic (exact) mass is 209 g/mol. The first-order valence-electron chi connectivity index (χ1n) is 5.37. The number of aliphatic hydroxyl groups is 1. The summed E-state index contributed by atoms with van der Waals surface area (Å²) in [5.41, 5.74) is 7.02. The summed E-state index contributed by atoms with van der Waals surface area (Å²) >= 11 is 0. The lowest BCUT2D eigenvalue weighted by Crippen LogP contribution is -2.08. The molecule has 3 nitrogen and oxygen atoms in total. The Morgan fingerprint density at radius 1 is 1.47 bits per heavy atom. The van der Waals surface area contributed by atoms with E-state index in [9.17, 15) is 0 Å². The van der Waals surface area contributed by atoms with Crippen LogP contribution in [0.1, 0.15) is 31.4 Å². The van der Waals surface area contributed by atoms with Gasteiger partial charge in [0, 0.05) is 19.1 Å². The molecule has 0 saturated carbocycles. The maximum Gasteiger partial charge on any atom is 0.119 e. The lowest BCUT2D eigenvalue weighted by Gasteiger charge is -2.11. The normalized spacial score (nSPS) is 12.5. The van der Waals surface area contributed by atoms with Crippen LogP contribution in [0.5, 0.6) is 5.75 Å². The summed E-state index contributed by atoms with van der Waals surface area (Å²) in [6, 6.07) is 7.90. The molecule has 0 spiro atoms. The van der Waals surface area contributed by atoms with Crippen molar-refractivity contribution in [2.75, 3.05) is 13.2 Å². The van der Waals surface area contributed by atoms with Crippen LogP contribution in [0.25, 0.3) is 0 Å². The molecule has 0 heterocycles. The fraction of sp³-hybridized carbons (Fsp3) is 0.500. The molecule has 0 bridgehead atoms. The zero-order chi connectivity index (χ0) is 11.1. The maximum atomic E-state index is 8.63. The van der Waals surface area contributed by atoms with E-state index in [-0.39, 0.29) is 12.6 Å². The summed E-state index contributed by atoms with van der Waals surface area (Å²) in [6.45, 7) is 2.76.